The molecule has 1 fully saturated rings. The molecule has 3 heteroatoms. The van der Waals surface area contributed by atoms with Crippen LogP contribution in [0, 0.1) is 0 Å². The molecule has 1 rings (SSSR count). The summed E-state index contributed by atoms with van der Waals surface area (Å²) in [5.41, 5.74) is -0.728. The Bertz CT molecular complexity index is 82.9. The molecule has 0 bridgehead atoms. The Kier molecular flexibility index (Phi) is 1.27. The number of hydrogen-bond donors (Lipinski definition) is 3. The first kappa shape index (κ1) is 6.01. The molecule has 0 amide bonds. The highest BCUT2D eigenvalue weighted by atomic mass is 16.3. The first-order valence-corrected chi connectivity index (χ1v) is 2.81. The van der Waals surface area contributed by atoms with Crippen LogP contribution in [0.5, 0.6) is 0 Å². The summed E-state index contributed by atoms with van der Waals surface area (Å²) in [6.45, 7) is 4.43. The van der Waals surface area contributed by atoms with E-state index in [1.165, 1.54) is 0 Å². The second-order valence-electron chi connectivity index (χ2n) is 2.66. The summed E-state index contributed by atoms with van der Waals surface area (Å²) in [5, 5.41) is 15.0. The van der Waals surface area contributed by atoms with Gasteiger partial charge in [0, 0.05) is 6.54 Å². The van der Waals surface area contributed by atoms with E-state index in [0.29, 0.717) is 6.17 Å². The van der Waals surface area contributed by atoms with Gasteiger partial charge < -0.3 is 5.11 Å². The summed E-state index contributed by atoms with van der Waals surface area (Å²) < 4.78 is 0. The smallest absolute Gasteiger partial charge is 0.111 e. The second kappa shape index (κ2) is 1.69. The van der Waals surface area contributed by atoms with Gasteiger partial charge in [0.2, 0.25) is 0 Å². The van der Waals surface area contributed by atoms with Crippen molar-refractivity contribution in [2.24, 2.45) is 0 Å². The maximum atomic E-state index is 9.08. The van der Waals surface area contributed by atoms with Crippen LogP contribution in [0.2, 0.25) is 0 Å². The van der Waals surface area contributed by atoms with E-state index in [1.807, 2.05) is 0 Å². The van der Waals surface area contributed by atoms with Crippen molar-refractivity contribution in [1.29, 1.82) is 0 Å². The number of rotatable bonds is 2. The molecule has 48 valence electrons. The van der Waals surface area contributed by atoms with Crippen molar-refractivity contribution in [3.05, 3.63) is 0 Å². The zero-order valence-corrected chi connectivity index (χ0v) is 5.23. The molecule has 0 saturated carbocycles. The highest BCUT2D eigenvalue weighted by Gasteiger charge is 2.25. The summed E-state index contributed by atoms with van der Waals surface area (Å²) in [5.74, 6) is 0. The van der Waals surface area contributed by atoms with Crippen molar-refractivity contribution < 1.29 is 5.11 Å². The van der Waals surface area contributed by atoms with E-state index in [4.69, 9.17) is 5.11 Å². The molecule has 3 nitrogen and oxygen atoms in total. The van der Waals surface area contributed by atoms with Crippen LogP contribution in [-0.2, 0) is 0 Å². The van der Waals surface area contributed by atoms with Gasteiger partial charge in [0.15, 0.2) is 0 Å². The molecule has 0 spiro atoms. The normalized spacial score (nSPS) is 28.1. The Hall–Kier alpha value is -0.120. The molecule has 0 aliphatic carbocycles. The molecular weight excluding hydrogens is 104 g/mol. The molecule has 0 aromatic rings. The molecular formula is C5H12N2O. The molecule has 8 heavy (non-hydrogen) atoms. The maximum Gasteiger partial charge on any atom is 0.111 e. The molecule has 1 atom stereocenters. The summed E-state index contributed by atoms with van der Waals surface area (Å²) in [7, 11) is 0. The third kappa shape index (κ3) is 2.26. The van der Waals surface area contributed by atoms with E-state index >= 15 is 0 Å². The minimum absolute atomic E-state index is 0.343. The standard InChI is InChI=1S/C5H12N2O/c1-5(2,8)7-4-3-6-4/h4,6-8H,3H2,1-2H3. The monoisotopic (exact) mass is 116 g/mol. The lowest BCUT2D eigenvalue weighted by Crippen LogP contribution is -2.41. The average molecular weight is 116 g/mol. The molecule has 0 aromatic carbocycles. The van der Waals surface area contributed by atoms with Crippen LogP contribution in [-0.4, -0.2) is 23.5 Å². The van der Waals surface area contributed by atoms with E-state index in [9.17, 15) is 0 Å². The third-order valence-corrected chi connectivity index (χ3v) is 0.936. The lowest BCUT2D eigenvalue weighted by atomic mass is 10.3. The van der Waals surface area contributed by atoms with Crippen LogP contribution in [0.1, 0.15) is 13.8 Å². The Morgan fingerprint density at radius 2 is 2.25 bits per heavy atom. The molecule has 1 aliphatic rings. The van der Waals surface area contributed by atoms with Crippen molar-refractivity contribution in [3.63, 3.8) is 0 Å². The molecule has 1 unspecified atom stereocenters. The van der Waals surface area contributed by atoms with Crippen molar-refractivity contribution in [1.82, 2.24) is 10.6 Å². The van der Waals surface area contributed by atoms with E-state index < -0.39 is 5.72 Å². The predicted molar refractivity (Wildman–Crippen MR) is 31.2 cm³/mol. The van der Waals surface area contributed by atoms with Gasteiger partial charge in [0.05, 0.1) is 6.17 Å². The number of aliphatic hydroxyl groups is 1. The average Bonchev–Trinajstić information content (AvgIpc) is 2.12. The molecule has 3 N–H and O–H groups in total. The van der Waals surface area contributed by atoms with Gasteiger partial charge in [0.1, 0.15) is 5.72 Å². The van der Waals surface area contributed by atoms with E-state index in [0.717, 1.165) is 6.54 Å². The molecule has 1 saturated heterocycles. The van der Waals surface area contributed by atoms with E-state index in [2.05, 4.69) is 10.6 Å². The first-order chi connectivity index (χ1) is 3.58. The lowest BCUT2D eigenvalue weighted by molar-refractivity contribution is 0.0412. The van der Waals surface area contributed by atoms with Gasteiger partial charge in [-0.05, 0) is 13.8 Å². The maximum absolute atomic E-state index is 9.08. The van der Waals surface area contributed by atoms with Crippen LogP contribution >= 0.6 is 0 Å². The van der Waals surface area contributed by atoms with Crippen LogP contribution in [0.25, 0.3) is 0 Å². The predicted octanol–water partition coefficient (Wildman–Crippen LogP) is -0.766. The van der Waals surface area contributed by atoms with Gasteiger partial charge in [0.25, 0.3) is 0 Å². The quantitative estimate of drug-likeness (QED) is 0.328. The number of hydrogen-bond acceptors (Lipinski definition) is 3. The minimum Gasteiger partial charge on any atom is -0.376 e. The van der Waals surface area contributed by atoms with Gasteiger partial charge in [-0.15, -0.1) is 0 Å². The fourth-order valence-corrected chi connectivity index (χ4v) is 0.587. The zero-order chi connectivity index (χ0) is 6.20. The van der Waals surface area contributed by atoms with Gasteiger partial charge >= 0.3 is 0 Å². The SMILES string of the molecule is CC(C)(O)NC1CN1. The topological polar surface area (TPSA) is 54.2 Å². The van der Waals surface area contributed by atoms with Crippen LogP contribution < -0.4 is 10.6 Å². The van der Waals surface area contributed by atoms with Crippen molar-refractivity contribution in [2.75, 3.05) is 6.54 Å². The zero-order valence-electron chi connectivity index (χ0n) is 5.23. The summed E-state index contributed by atoms with van der Waals surface area (Å²) >= 11 is 0. The summed E-state index contributed by atoms with van der Waals surface area (Å²) in [4.78, 5) is 0. The number of nitrogens with one attached hydrogen (secondary N) is 2. The molecule has 0 radical (unpaired) electrons. The largest absolute Gasteiger partial charge is 0.376 e. The fraction of sp³-hybridized carbons (Fsp3) is 1.00. The first-order valence-electron chi connectivity index (χ1n) is 2.81. The van der Waals surface area contributed by atoms with E-state index in [1.54, 1.807) is 13.8 Å². The van der Waals surface area contributed by atoms with Gasteiger partial charge in [-0.2, -0.15) is 0 Å². The Balaban J connectivity index is 2.16. The second-order valence-corrected chi connectivity index (χ2v) is 2.66. The Morgan fingerprint density at radius 3 is 2.38 bits per heavy atom. The molecule has 0 aromatic heterocycles. The van der Waals surface area contributed by atoms with Crippen molar-refractivity contribution in [3.8, 4) is 0 Å². The highest BCUT2D eigenvalue weighted by Crippen LogP contribution is 2.00. The van der Waals surface area contributed by atoms with Gasteiger partial charge in [-0.25, -0.2) is 0 Å². The van der Waals surface area contributed by atoms with E-state index in [-0.39, 0.29) is 0 Å². The Labute approximate surface area is 49.1 Å². The third-order valence-electron chi connectivity index (χ3n) is 0.936. The van der Waals surface area contributed by atoms with Crippen molar-refractivity contribution >= 4 is 0 Å². The fourth-order valence-electron chi connectivity index (χ4n) is 0.587. The highest BCUT2D eigenvalue weighted by molar-refractivity contribution is 4.83. The Morgan fingerprint density at radius 1 is 1.75 bits per heavy atom. The van der Waals surface area contributed by atoms with Gasteiger partial charge in [-0.1, -0.05) is 0 Å². The lowest BCUT2D eigenvalue weighted by Gasteiger charge is -2.17. The molecule has 1 aliphatic heterocycles. The summed E-state index contributed by atoms with van der Waals surface area (Å²) in [6, 6.07) is 0. The summed E-state index contributed by atoms with van der Waals surface area (Å²) in [6.07, 6.45) is 0.343. The van der Waals surface area contributed by atoms with Crippen LogP contribution in [0.4, 0.5) is 0 Å². The van der Waals surface area contributed by atoms with Crippen molar-refractivity contribution in [2.45, 2.75) is 25.7 Å². The van der Waals surface area contributed by atoms with Crippen LogP contribution in [0.3, 0.4) is 0 Å². The van der Waals surface area contributed by atoms with Gasteiger partial charge in [-0.3, -0.25) is 10.6 Å². The molecule has 1 heterocycles. The van der Waals surface area contributed by atoms with Crippen LogP contribution in [0.15, 0.2) is 0 Å². The minimum atomic E-state index is -0.728.